The van der Waals surface area contributed by atoms with Crippen LogP contribution in [0.5, 0.6) is 0 Å². The molecule has 0 spiro atoms. The zero-order valence-corrected chi connectivity index (χ0v) is 15.8. The lowest BCUT2D eigenvalue weighted by molar-refractivity contribution is -0.142. The summed E-state index contributed by atoms with van der Waals surface area (Å²) in [7, 11) is 0. The summed E-state index contributed by atoms with van der Waals surface area (Å²) in [5, 5.41) is 4.23. The molecule has 1 aromatic heterocycles. The van der Waals surface area contributed by atoms with Gasteiger partial charge in [0.25, 0.3) is 0 Å². The molecule has 0 saturated carbocycles. The molecule has 0 N–H and O–H groups in total. The van der Waals surface area contributed by atoms with Crippen molar-refractivity contribution < 1.29 is 14.3 Å². The van der Waals surface area contributed by atoms with Crippen molar-refractivity contribution in [3.05, 3.63) is 52.7 Å². The standard InChI is InChI=1S/C20H24N2O3S/c1-2-25-20(24)14-22(17-7-4-3-5-8-17)19(23)13-21-11-6-9-18(21)16-10-12-26-15-16/h3-5,7-8,10,12,15,18H,2,6,9,11,13-14H2,1H3/t18-/m0/s1. The minimum Gasteiger partial charge on any atom is -0.465 e. The molecule has 2 aromatic rings. The van der Waals surface area contributed by atoms with Gasteiger partial charge in [0.2, 0.25) is 5.91 Å². The number of hydrogen-bond acceptors (Lipinski definition) is 5. The Morgan fingerprint density at radius 2 is 2.08 bits per heavy atom. The maximum Gasteiger partial charge on any atom is 0.326 e. The first-order valence-corrected chi connectivity index (χ1v) is 9.90. The van der Waals surface area contributed by atoms with Crippen LogP contribution in [0.3, 0.4) is 0 Å². The highest BCUT2D eigenvalue weighted by atomic mass is 32.1. The van der Waals surface area contributed by atoms with Crippen LogP contribution in [0.2, 0.25) is 0 Å². The van der Waals surface area contributed by atoms with Crippen LogP contribution in [0.25, 0.3) is 0 Å². The van der Waals surface area contributed by atoms with Gasteiger partial charge in [-0.3, -0.25) is 14.5 Å². The van der Waals surface area contributed by atoms with Crippen LogP contribution in [-0.4, -0.2) is 43.0 Å². The van der Waals surface area contributed by atoms with Crippen LogP contribution in [0, 0.1) is 0 Å². The number of rotatable bonds is 7. The number of ether oxygens (including phenoxy) is 1. The predicted molar refractivity (Wildman–Crippen MR) is 103 cm³/mol. The summed E-state index contributed by atoms with van der Waals surface area (Å²) >= 11 is 1.68. The second-order valence-corrected chi connectivity index (χ2v) is 7.09. The molecule has 1 aliphatic heterocycles. The lowest BCUT2D eigenvalue weighted by atomic mass is 10.1. The fourth-order valence-electron chi connectivity index (χ4n) is 3.38. The first-order chi connectivity index (χ1) is 12.7. The molecule has 6 heteroatoms. The summed E-state index contributed by atoms with van der Waals surface area (Å²) < 4.78 is 5.05. The average molecular weight is 372 g/mol. The molecule has 1 aliphatic rings. The number of anilines is 1. The normalized spacial score (nSPS) is 17.2. The summed E-state index contributed by atoms with van der Waals surface area (Å²) in [5.41, 5.74) is 1.99. The Hall–Kier alpha value is -2.18. The third kappa shape index (κ3) is 4.51. The quantitative estimate of drug-likeness (QED) is 0.698. The second kappa shape index (κ2) is 8.96. The summed E-state index contributed by atoms with van der Waals surface area (Å²) in [6.07, 6.45) is 2.14. The first kappa shape index (κ1) is 18.6. The van der Waals surface area contributed by atoms with Crippen molar-refractivity contribution >= 4 is 28.9 Å². The molecule has 138 valence electrons. The Morgan fingerprint density at radius 3 is 2.77 bits per heavy atom. The number of amides is 1. The Labute approximate surface area is 158 Å². The summed E-state index contributed by atoms with van der Waals surface area (Å²) in [6.45, 7) is 3.21. The fourth-order valence-corrected chi connectivity index (χ4v) is 4.09. The molecule has 0 aliphatic carbocycles. The third-order valence-corrected chi connectivity index (χ3v) is 5.29. The second-order valence-electron chi connectivity index (χ2n) is 6.31. The molecule has 0 bridgehead atoms. The van der Waals surface area contributed by atoms with Crippen LogP contribution in [0.15, 0.2) is 47.2 Å². The van der Waals surface area contributed by atoms with E-state index in [2.05, 4.69) is 21.7 Å². The molecule has 2 heterocycles. The number of hydrogen-bond donors (Lipinski definition) is 0. The molecule has 1 saturated heterocycles. The van der Waals surface area contributed by atoms with Gasteiger partial charge in [-0.25, -0.2) is 0 Å². The van der Waals surface area contributed by atoms with Crippen LogP contribution in [0.1, 0.15) is 31.4 Å². The molecule has 1 aromatic carbocycles. The number of nitrogens with zero attached hydrogens (tertiary/aromatic N) is 2. The molecule has 3 rings (SSSR count). The van der Waals surface area contributed by atoms with Crippen LogP contribution < -0.4 is 4.90 Å². The maximum absolute atomic E-state index is 13.0. The van der Waals surface area contributed by atoms with Crippen LogP contribution >= 0.6 is 11.3 Å². The van der Waals surface area contributed by atoms with Gasteiger partial charge in [0.15, 0.2) is 0 Å². The lowest BCUT2D eigenvalue weighted by Crippen LogP contribution is -2.43. The SMILES string of the molecule is CCOC(=O)CN(C(=O)CN1CCC[C@H]1c1ccsc1)c1ccccc1. The van der Waals surface area contributed by atoms with Crippen LogP contribution in [0.4, 0.5) is 5.69 Å². The van der Waals surface area contributed by atoms with E-state index in [1.54, 1.807) is 18.3 Å². The van der Waals surface area contributed by atoms with Gasteiger partial charge in [0.1, 0.15) is 6.54 Å². The van der Waals surface area contributed by atoms with E-state index in [-0.39, 0.29) is 24.5 Å². The van der Waals surface area contributed by atoms with Crippen molar-refractivity contribution in [3.63, 3.8) is 0 Å². The molecular formula is C20H24N2O3S. The van der Waals surface area contributed by atoms with Gasteiger partial charge in [-0.1, -0.05) is 18.2 Å². The molecule has 1 fully saturated rings. The van der Waals surface area contributed by atoms with Crippen molar-refractivity contribution in [2.45, 2.75) is 25.8 Å². The zero-order chi connectivity index (χ0) is 18.4. The van der Waals surface area contributed by atoms with E-state index < -0.39 is 0 Å². The topological polar surface area (TPSA) is 49.9 Å². The average Bonchev–Trinajstić information content (AvgIpc) is 3.32. The van der Waals surface area contributed by atoms with E-state index >= 15 is 0 Å². The molecule has 0 radical (unpaired) electrons. The van der Waals surface area contributed by atoms with E-state index in [1.165, 1.54) is 10.5 Å². The highest BCUT2D eigenvalue weighted by Crippen LogP contribution is 2.33. The van der Waals surface area contributed by atoms with E-state index in [0.717, 1.165) is 25.1 Å². The number of para-hydroxylation sites is 1. The van der Waals surface area contributed by atoms with Gasteiger partial charge >= 0.3 is 5.97 Å². The molecule has 1 atom stereocenters. The Bertz CT molecular complexity index is 718. The van der Waals surface area contributed by atoms with E-state index in [1.807, 2.05) is 30.3 Å². The first-order valence-electron chi connectivity index (χ1n) is 8.96. The highest BCUT2D eigenvalue weighted by Gasteiger charge is 2.30. The lowest BCUT2D eigenvalue weighted by Gasteiger charge is -2.28. The van der Waals surface area contributed by atoms with Gasteiger partial charge in [-0.15, -0.1) is 0 Å². The van der Waals surface area contributed by atoms with E-state index in [4.69, 9.17) is 4.74 Å². The van der Waals surface area contributed by atoms with E-state index in [0.29, 0.717) is 13.2 Å². The summed E-state index contributed by atoms with van der Waals surface area (Å²) in [4.78, 5) is 28.8. The smallest absolute Gasteiger partial charge is 0.326 e. The number of benzene rings is 1. The largest absolute Gasteiger partial charge is 0.465 e. The minimum absolute atomic E-state index is 0.0619. The van der Waals surface area contributed by atoms with E-state index in [9.17, 15) is 9.59 Å². The van der Waals surface area contributed by atoms with Crippen molar-refractivity contribution in [3.8, 4) is 0 Å². The number of esters is 1. The molecular weight excluding hydrogens is 348 g/mol. The predicted octanol–water partition coefficient (Wildman–Crippen LogP) is 3.48. The van der Waals surface area contributed by atoms with Gasteiger partial charge in [-0.05, 0) is 60.8 Å². The molecule has 26 heavy (non-hydrogen) atoms. The number of carbonyl (C=O) groups excluding carboxylic acids is 2. The van der Waals surface area contributed by atoms with Gasteiger partial charge < -0.3 is 9.64 Å². The minimum atomic E-state index is -0.388. The summed E-state index contributed by atoms with van der Waals surface area (Å²) in [6, 6.07) is 11.7. The fraction of sp³-hybridized carbons (Fsp3) is 0.400. The Morgan fingerprint density at radius 1 is 1.27 bits per heavy atom. The third-order valence-electron chi connectivity index (χ3n) is 4.59. The Kier molecular flexibility index (Phi) is 6.41. The van der Waals surface area contributed by atoms with Crippen LogP contribution in [-0.2, 0) is 14.3 Å². The summed E-state index contributed by atoms with van der Waals surface area (Å²) in [5.74, 6) is -0.466. The number of carbonyl (C=O) groups is 2. The van der Waals surface area contributed by atoms with Crippen molar-refractivity contribution in [1.29, 1.82) is 0 Å². The van der Waals surface area contributed by atoms with Crippen molar-refractivity contribution in [2.75, 3.05) is 31.1 Å². The monoisotopic (exact) mass is 372 g/mol. The van der Waals surface area contributed by atoms with Crippen molar-refractivity contribution in [1.82, 2.24) is 4.90 Å². The maximum atomic E-state index is 13.0. The Balaban J connectivity index is 1.73. The van der Waals surface area contributed by atoms with Gasteiger partial charge in [0, 0.05) is 11.7 Å². The van der Waals surface area contributed by atoms with Gasteiger partial charge in [-0.2, -0.15) is 11.3 Å². The molecule has 5 nitrogen and oxygen atoms in total. The number of likely N-dealkylation sites (tertiary alicyclic amines) is 1. The highest BCUT2D eigenvalue weighted by molar-refractivity contribution is 7.07. The van der Waals surface area contributed by atoms with Crippen molar-refractivity contribution in [2.24, 2.45) is 0 Å². The molecule has 1 amide bonds. The van der Waals surface area contributed by atoms with Gasteiger partial charge in [0.05, 0.1) is 13.2 Å². The zero-order valence-electron chi connectivity index (χ0n) is 15.0. The molecule has 0 unspecified atom stereocenters. The number of thiophene rings is 1.